The molecule has 124 valence electrons. The molecule has 0 aliphatic carbocycles. The van der Waals surface area contributed by atoms with Crippen molar-refractivity contribution in [1.82, 2.24) is 0 Å². The zero-order valence-corrected chi connectivity index (χ0v) is 14.6. The van der Waals surface area contributed by atoms with Crippen LogP contribution in [0.2, 0.25) is 0 Å². The molecule has 0 fully saturated rings. The molecule has 0 bridgehead atoms. The van der Waals surface area contributed by atoms with Crippen molar-refractivity contribution < 1.29 is 27.2 Å². The van der Waals surface area contributed by atoms with Crippen LogP contribution in [0.25, 0.3) is 0 Å². The maximum atomic E-state index is 11.2. The highest BCUT2D eigenvalue weighted by atomic mass is 31.1. The average molecular weight is 341 g/mol. The molecule has 0 aromatic rings. The van der Waals surface area contributed by atoms with E-state index in [-0.39, 0.29) is 5.92 Å². The van der Waals surface area contributed by atoms with Crippen LogP contribution in [-0.4, -0.2) is 26.4 Å². The predicted molar refractivity (Wildman–Crippen MR) is 80.7 cm³/mol. The second-order valence-corrected chi connectivity index (χ2v) is 6.36. The van der Waals surface area contributed by atoms with Gasteiger partial charge in [-0.3, -0.25) is 9.13 Å². The number of rotatable bonds is 14. The summed E-state index contributed by atoms with van der Waals surface area (Å²) in [6.45, 7) is 4.84. The zero-order valence-electron chi connectivity index (χ0n) is 12.6. The average Bonchev–Trinajstić information content (AvgIpc) is 2.44. The minimum absolute atomic E-state index is 0.192. The molecule has 2 unspecified atom stereocenters. The number of hydrogen-bond donors (Lipinski definition) is 0. The Balaban J connectivity index is 3.94. The summed E-state index contributed by atoms with van der Waals surface area (Å²) in [4.78, 5) is 0. The first-order valence-corrected chi connectivity index (χ1v) is 9.55. The topological polar surface area (TPSA) is 94.9 Å². The molecule has 7 nitrogen and oxygen atoms in total. The Morgan fingerprint density at radius 1 is 0.905 bits per heavy atom. The van der Waals surface area contributed by atoms with Gasteiger partial charge in [-0.05, 0) is 39.0 Å². The first-order chi connectivity index (χ1) is 10.1. The summed E-state index contributed by atoms with van der Waals surface area (Å²) in [5.41, 5.74) is 0. The molecule has 0 saturated carbocycles. The summed E-state index contributed by atoms with van der Waals surface area (Å²) >= 11 is 0. The molecule has 0 heterocycles. The lowest BCUT2D eigenvalue weighted by atomic mass is 9.97. The molecule has 0 aromatic heterocycles. The summed E-state index contributed by atoms with van der Waals surface area (Å²) in [7, 11) is -4.82. The lowest BCUT2D eigenvalue weighted by molar-refractivity contribution is 0.193. The van der Waals surface area contributed by atoms with E-state index >= 15 is 0 Å². The van der Waals surface area contributed by atoms with Crippen LogP contribution >= 0.6 is 16.5 Å². The molecular formula is C12H25NO6P2. The minimum Gasteiger partial charge on any atom is -0.311 e. The highest BCUT2D eigenvalue weighted by Crippen LogP contribution is 2.27. The zero-order chi connectivity index (χ0) is 15.9. The van der Waals surface area contributed by atoms with Gasteiger partial charge in [0.15, 0.2) is 0 Å². The second-order valence-electron chi connectivity index (χ2n) is 4.20. The first-order valence-electron chi connectivity index (χ1n) is 7.10. The van der Waals surface area contributed by atoms with Gasteiger partial charge >= 0.3 is 16.5 Å². The van der Waals surface area contributed by atoms with Crippen molar-refractivity contribution >= 4 is 16.5 Å². The van der Waals surface area contributed by atoms with Crippen molar-refractivity contribution in [2.24, 2.45) is 5.92 Å². The summed E-state index contributed by atoms with van der Waals surface area (Å²) in [5.74, 6) is 0.192. The molecule has 9 heteroatoms. The van der Waals surface area contributed by atoms with Gasteiger partial charge in [0.2, 0.25) is 0 Å². The van der Waals surface area contributed by atoms with Crippen molar-refractivity contribution in [2.75, 3.05) is 26.4 Å². The van der Waals surface area contributed by atoms with Crippen molar-refractivity contribution in [1.29, 1.82) is 5.26 Å². The van der Waals surface area contributed by atoms with Crippen LogP contribution in [0.3, 0.4) is 0 Å². The predicted octanol–water partition coefficient (Wildman–Crippen LogP) is 3.57. The third-order valence-corrected chi connectivity index (χ3v) is 4.61. The molecule has 0 N–H and O–H groups in total. The van der Waals surface area contributed by atoms with Gasteiger partial charge in [-0.15, -0.1) is 0 Å². The summed E-state index contributed by atoms with van der Waals surface area (Å²) in [6, 6.07) is 2.10. The van der Waals surface area contributed by atoms with Gasteiger partial charge in [-0.25, -0.2) is 0 Å². The monoisotopic (exact) mass is 341 g/mol. The minimum atomic E-state index is -2.41. The molecule has 0 radical (unpaired) electrons. The fourth-order valence-corrected chi connectivity index (χ4v) is 2.85. The second kappa shape index (κ2) is 14.7. The summed E-state index contributed by atoms with van der Waals surface area (Å²) in [6.07, 6.45) is 2.45. The first kappa shape index (κ1) is 20.8. The van der Waals surface area contributed by atoms with Gasteiger partial charge in [-0.2, -0.15) is 5.26 Å². The number of nitrogens with zero attached hydrogens (tertiary/aromatic N) is 1. The maximum absolute atomic E-state index is 11.2. The molecule has 21 heavy (non-hydrogen) atoms. The molecule has 0 aromatic carbocycles. The Bertz CT molecular complexity index is 323. The number of nitriles is 1. The maximum Gasteiger partial charge on any atom is 0.319 e. The van der Waals surface area contributed by atoms with Gasteiger partial charge in [-0.1, -0.05) is 0 Å². The van der Waals surface area contributed by atoms with E-state index < -0.39 is 16.5 Å². The Morgan fingerprint density at radius 2 is 1.38 bits per heavy atom. The Labute approximate surface area is 127 Å². The fraction of sp³-hybridized carbons (Fsp3) is 0.917. The van der Waals surface area contributed by atoms with Crippen LogP contribution in [0.5, 0.6) is 0 Å². The molecule has 0 aliphatic heterocycles. The van der Waals surface area contributed by atoms with Crippen LogP contribution in [0, 0.1) is 17.2 Å². The van der Waals surface area contributed by atoms with E-state index in [0.717, 1.165) is 0 Å². The van der Waals surface area contributed by atoms with Gasteiger partial charge in [0.1, 0.15) is 0 Å². The molecule has 0 saturated heterocycles. The molecule has 0 amide bonds. The normalized spacial score (nSPS) is 15.3. The molecule has 0 rings (SSSR count). The highest BCUT2D eigenvalue weighted by Gasteiger charge is 2.11. The van der Waals surface area contributed by atoms with Gasteiger partial charge < -0.3 is 18.1 Å². The third-order valence-electron chi connectivity index (χ3n) is 2.68. The molecule has 2 atom stereocenters. The van der Waals surface area contributed by atoms with E-state index in [2.05, 4.69) is 6.07 Å². The Hall–Kier alpha value is -0.210. The standard InChI is InChI=1S/C12H25NO6P2/c1-3-16-20(14)18-10-7-12(6-5-9-13)8-11-19-21(15)17-4-2/h12,20-21H,3-8,10-11H2,1-2H3. The van der Waals surface area contributed by atoms with Crippen LogP contribution in [0.1, 0.15) is 39.5 Å². The fourth-order valence-electron chi connectivity index (χ4n) is 1.64. The molecule has 0 aliphatic rings. The van der Waals surface area contributed by atoms with Crippen molar-refractivity contribution in [3.05, 3.63) is 0 Å². The Morgan fingerprint density at radius 3 is 1.76 bits per heavy atom. The van der Waals surface area contributed by atoms with E-state index in [9.17, 15) is 9.13 Å². The van der Waals surface area contributed by atoms with Gasteiger partial charge in [0, 0.05) is 6.42 Å². The van der Waals surface area contributed by atoms with Gasteiger partial charge in [0.05, 0.1) is 32.5 Å². The lowest BCUT2D eigenvalue weighted by Crippen LogP contribution is -2.07. The van der Waals surface area contributed by atoms with E-state index in [1.807, 2.05) is 0 Å². The van der Waals surface area contributed by atoms with Crippen LogP contribution in [0.4, 0.5) is 0 Å². The summed E-state index contributed by atoms with van der Waals surface area (Å²) < 4.78 is 42.3. The molecule has 0 spiro atoms. The largest absolute Gasteiger partial charge is 0.319 e. The van der Waals surface area contributed by atoms with Crippen molar-refractivity contribution in [3.63, 3.8) is 0 Å². The SMILES string of the molecule is CCO[PH](=O)OCCC(CCC#N)CCO[PH](=O)OCC. The van der Waals surface area contributed by atoms with Crippen molar-refractivity contribution in [3.8, 4) is 6.07 Å². The third kappa shape index (κ3) is 13.2. The highest BCUT2D eigenvalue weighted by molar-refractivity contribution is 7.33. The van der Waals surface area contributed by atoms with E-state index in [1.165, 1.54) is 0 Å². The number of hydrogen-bond acceptors (Lipinski definition) is 7. The van der Waals surface area contributed by atoms with E-state index in [0.29, 0.717) is 52.1 Å². The van der Waals surface area contributed by atoms with Crippen LogP contribution in [-0.2, 0) is 27.2 Å². The lowest BCUT2D eigenvalue weighted by Gasteiger charge is -2.15. The Kier molecular flexibility index (Phi) is 14.6. The van der Waals surface area contributed by atoms with Gasteiger partial charge in [0.25, 0.3) is 0 Å². The summed E-state index contributed by atoms with van der Waals surface area (Å²) in [5, 5.41) is 8.64. The quantitative estimate of drug-likeness (QED) is 0.446. The van der Waals surface area contributed by atoms with Crippen molar-refractivity contribution in [2.45, 2.75) is 39.5 Å². The van der Waals surface area contributed by atoms with E-state index in [4.69, 9.17) is 23.4 Å². The smallest absolute Gasteiger partial charge is 0.311 e. The van der Waals surface area contributed by atoms with Crippen LogP contribution in [0.15, 0.2) is 0 Å². The van der Waals surface area contributed by atoms with E-state index in [1.54, 1.807) is 13.8 Å². The molecular weight excluding hydrogens is 316 g/mol. The van der Waals surface area contributed by atoms with Crippen LogP contribution < -0.4 is 0 Å².